The molecule has 16 heteroatoms. The number of hydrogen-bond acceptors (Lipinski definition) is 10. The first-order valence-electron chi connectivity index (χ1n) is 11.2. The number of aromatic nitrogens is 2. The second-order valence-corrected chi connectivity index (χ2v) is 9.84. The van der Waals surface area contributed by atoms with E-state index in [1.54, 1.807) is 25.1 Å². The van der Waals surface area contributed by atoms with Gasteiger partial charge in [0.2, 0.25) is 0 Å². The fourth-order valence-corrected chi connectivity index (χ4v) is 5.16. The number of para-hydroxylation sites is 1. The zero-order chi connectivity index (χ0) is 27.2. The Kier molecular flexibility index (Phi) is 8.92. The van der Waals surface area contributed by atoms with Gasteiger partial charge in [-0.25, -0.2) is 9.36 Å². The van der Waals surface area contributed by atoms with Gasteiger partial charge in [-0.2, -0.15) is 5.09 Å². The predicted molar refractivity (Wildman–Crippen MR) is 128 cm³/mol. The largest absolute Gasteiger partial charge is 0.465 e. The van der Waals surface area contributed by atoms with Crippen LogP contribution in [0.4, 0.5) is 0 Å². The SMILES string of the molecule is CCOC(=O)[C@@H](C)N[P@@](=O)(OC[C@]1(N=[N+]=[N-])O[C@H](n2ccc(=O)[nH]c2=O)[C@H](C)[C@H]1O)Oc1ccccc1. The number of carbonyl (C=O) groups excluding carboxylic acids is 1. The standard InChI is InChI=1S/C21H27N6O9P/c1-4-33-19(30)14(3)24-37(32,36-15-8-6-5-7-9-15)34-12-21(25-26-22)17(29)13(2)18(35-21)27-11-10-16(28)23-20(27)31/h5-11,13-14,17-18,29H,4,12H2,1-3H3,(H,24,32)(H,23,28,31)/t13-,14-,17-,18+,21+,37-/m1/s1. The highest BCUT2D eigenvalue weighted by Crippen LogP contribution is 2.49. The molecule has 1 fully saturated rings. The van der Waals surface area contributed by atoms with Crippen molar-refractivity contribution in [1.82, 2.24) is 14.6 Å². The molecule has 3 N–H and O–H groups in total. The summed E-state index contributed by atoms with van der Waals surface area (Å²) in [6.07, 6.45) is -1.57. The summed E-state index contributed by atoms with van der Waals surface area (Å²) in [7, 11) is -4.39. The minimum Gasteiger partial charge on any atom is -0.465 e. The summed E-state index contributed by atoms with van der Waals surface area (Å²) in [5.74, 6) is -1.44. The lowest BCUT2D eigenvalue weighted by Crippen LogP contribution is -2.44. The molecule has 1 aliphatic heterocycles. The van der Waals surface area contributed by atoms with Gasteiger partial charge in [-0.15, -0.1) is 0 Å². The molecule has 0 unspecified atom stereocenters. The van der Waals surface area contributed by atoms with Gasteiger partial charge in [-0.05, 0) is 31.5 Å². The van der Waals surface area contributed by atoms with Crippen LogP contribution in [0.1, 0.15) is 27.0 Å². The Hall–Kier alpha value is -3.45. The molecule has 37 heavy (non-hydrogen) atoms. The lowest BCUT2D eigenvalue weighted by Gasteiger charge is -2.30. The van der Waals surface area contributed by atoms with Crippen LogP contribution in [0.5, 0.6) is 5.75 Å². The fraction of sp³-hybridized carbons (Fsp3) is 0.476. The van der Waals surface area contributed by atoms with Crippen LogP contribution < -0.4 is 20.9 Å². The molecule has 0 aliphatic carbocycles. The number of hydrogen-bond donors (Lipinski definition) is 3. The minimum absolute atomic E-state index is 0.0823. The molecule has 200 valence electrons. The maximum Gasteiger partial charge on any atom is 0.459 e. The van der Waals surface area contributed by atoms with E-state index in [0.29, 0.717) is 0 Å². The van der Waals surface area contributed by atoms with Crippen LogP contribution in [0.15, 0.2) is 57.3 Å². The molecule has 2 aromatic rings. The molecule has 1 aromatic heterocycles. The Labute approximate surface area is 210 Å². The quantitative estimate of drug-likeness (QED) is 0.124. The molecule has 15 nitrogen and oxygen atoms in total. The number of nitrogens with zero attached hydrogens (tertiary/aromatic N) is 4. The summed E-state index contributed by atoms with van der Waals surface area (Å²) in [5.41, 5.74) is 5.59. The van der Waals surface area contributed by atoms with Crippen molar-refractivity contribution in [2.75, 3.05) is 13.2 Å². The third kappa shape index (κ3) is 6.46. The van der Waals surface area contributed by atoms with Gasteiger partial charge in [-0.3, -0.25) is 23.7 Å². The Morgan fingerprint density at radius 2 is 2.08 bits per heavy atom. The number of benzene rings is 1. The average molecular weight is 538 g/mol. The third-order valence-electron chi connectivity index (χ3n) is 5.48. The molecular weight excluding hydrogens is 511 g/mol. The molecule has 0 saturated carbocycles. The van der Waals surface area contributed by atoms with E-state index in [0.717, 1.165) is 16.8 Å². The Morgan fingerprint density at radius 1 is 1.38 bits per heavy atom. The summed E-state index contributed by atoms with van der Waals surface area (Å²) >= 11 is 0. The van der Waals surface area contributed by atoms with E-state index >= 15 is 0 Å². The summed E-state index contributed by atoms with van der Waals surface area (Å²) in [6, 6.07) is 7.88. The Bertz CT molecular complexity index is 1310. The van der Waals surface area contributed by atoms with Crippen molar-refractivity contribution < 1.29 is 33.0 Å². The van der Waals surface area contributed by atoms with Crippen molar-refractivity contribution in [2.24, 2.45) is 11.0 Å². The van der Waals surface area contributed by atoms with Gasteiger partial charge < -0.3 is 19.1 Å². The third-order valence-corrected chi connectivity index (χ3v) is 7.10. The van der Waals surface area contributed by atoms with Gasteiger partial charge in [-0.1, -0.05) is 30.2 Å². The van der Waals surface area contributed by atoms with Crippen LogP contribution in [0.25, 0.3) is 10.4 Å². The molecule has 3 rings (SSSR count). The van der Waals surface area contributed by atoms with Crippen molar-refractivity contribution in [2.45, 2.75) is 44.9 Å². The molecule has 1 aliphatic rings. The highest BCUT2D eigenvalue weighted by molar-refractivity contribution is 7.52. The highest BCUT2D eigenvalue weighted by Gasteiger charge is 2.55. The van der Waals surface area contributed by atoms with Crippen molar-refractivity contribution in [3.05, 3.63) is 73.9 Å². The van der Waals surface area contributed by atoms with E-state index in [9.17, 15) is 29.6 Å². The number of nitrogens with one attached hydrogen (secondary N) is 2. The first-order chi connectivity index (χ1) is 17.5. The molecule has 0 amide bonds. The van der Waals surface area contributed by atoms with Crippen LogP contribution in [0.3, 0.4) is 0 Å². The maximum atomic E-state index is 13.7. The Balaban J connectivity index is 1.91. The molecule has 1 aromatic carbocycles. The van der Waals surface area contributed by atoms with Gasteiger partial charge in [0.1, 0.15) is 18.0 Å². The molecule has 0 bridgehead atoms. The number of H-pyrrole nitrogens is 1. The van der Waals surface area contributed by atoms with Gasteiger partial charge in [0.25, 0.3) is 5.56 Å². The van der Waals surface area contributed by atoms with E-state index in [2.05, 4.69) is 20.1 Å². The van der Waals surface area contributed by atoms with E-state index in [1.165, 1.54) is 26.0 Å². The molecule has 1 saturated heterocycles. The van der Waals surface area contributed by atoms with Crippen molar-refractivity contribution in [3.63, 3.8) is 0 Å². The van der Waals surface area contributed by atoms with Crippen LogP contribution in [0.2, 0.25) is 0 Å². The van der Waals surface area contributed by atoms with E-state index in [-0.39, 0.29) is 12.4 Å². The zero-order valence-corrected chi connectivity index (χ0v) is 21.1. The monoisotopic (exact) mass is 538 g/mol. The van der Waals surface area contributed by atoms with Gasteiger partial charge in [0.15, 0.2) is 5.72 Å². The average Bonchev–Trinajstić information content (AvgIpc) is 3.09. The molecule has 6 atom stereocenters. The number of carbonyl (C=O) groups is 1. The number of aliphatic hydroxyl groups excluding tert-OH is 1. The lowest BCUT2D eigenvalue weighted by atomic mass is 9.98. The highest BCUT2D eigenvalue weighted by atomic mass is 31.2. The van der Waals surface area contributed by atoms with Crippen LogP contribution in [0, 0.1) is 5.92 Å². The summed E-state index contributed by atoms with van der Waals surface area (Å²) < 4.78 is 36.5. The topological polar surface area (TPSA) is 207 Å². The smallest absolute Gasteiger partial charge is 0.459 e. The van der Waals surface area contributed by atoms with E-state index < -0.39 is 61.6 Å². The molecule has 0 radical (unpaired) electrons. The number of rotatable bonds is 11. The number of azide groups is 1. The van der Waals surface area contributed by atoms with Crippen LogP contribution in [-0.2, 0) is 23.4 Å². The Morgan fingerprint density at radius 3 is 2.70 bits per heavy atom. The summed E-state index contributed by atoms with van der Waals surface area (Å²) in [4.78, 5) is 40.7. The normalized spacial score (nSPS) is 25.5. The van der Waals surface area contributed by atoms with E-state index in [4.69, 9.17) is 18.5 Å². The first-order valence-corrected chi connectivity index (χ1v) is 12.8. The maximum absolute atomic E-state index is 13.7. The van der Waals surface area contributed by atoms with Crippen molar-refractivity contribution >= 4 is 13.7 Å². The van der Waals surface area contributed by atoms with Gasteiger partial charge >= 0.3 is 19.4 Å². The second-order valence-electron chi connectivity index (χ2n) is 8.14. The predicted octanol–water partition coefficient (Wildman–Crippen LogP) is 1.81. The molecule has 2 heterocycles. The second kappa shape index (κ2) is 11.7. The lowest BCUT2D eigenvalue weighted by molar-refractivity contribution is -0.144. The summed E-state index contributed by atoms with van der Waals surface area (Å²) in [6.45, 7) is 3.79. The van der Waals surface area contributed by atoms with E-state index in [1.807, 2.05) is 0 Å². The first kappa shape index (κ1) is 28.1. The fourth-order valence-electron chi connectivity index (χ4n) is 3.64. The van der Waals surface area contributed by atoms with Crippen molar-refractivity contribution in [1.29, 1.82) is 0 Å². The van der Waals surface area contributed by atoms with Gasteiger partial charge in [0.05, 0.1) is 19.3 Å². The number of aliphatic hydroxyl groups is 1. The zero-order valence-electron chi connectivity index (χ0n) is 20.2. The number of aromatic amines is 1. The van der Waals surface area contributed by atoms with Crippen LogP contribution in [-0.4, -0.2) is 51.7 Å². The van der Waals surface area contributed by atoms with Crippen molar-refractivity contribution in [3.8, 4) is 5.75 Å². The summed E-state index contributed by atoms with van der Waals surface area (Å²) in [5, 5.41) is 17.0. The van der Waals surface area contributed by atoms with Gasteiger partial charge in [0, 0.05) is 23.1 Å². The number of esters is 1. The van der Waals surface area contributed by atoms with Crippen LogP contribution >= 0.6 is 7.75 Å². The molecule has 0 spiro atoms. The number of ether oxygens (including phenoxy) is 2. The molecular formula is C21H27N6O9P. The minimum atomic E-state index is -4.39.